The second-order valence-electron chi connectivity index (χ2n) is 4.29. The Kier molecular flexibility index (Phi) is 4.15. The van der Waals surface area contributed by atoms with Crippen LogP contribution in [0.5, 0.6) is 0 Å². The van der Waals surface area contributed by atoms with Crippen LogP contribution in [-0.2, 0) is 22.8 Å². The lowest BCUT2D eigenvalue weighted by molar-refractivity contribution is 0.0973. The minimum Gasteiger partial charge on any atom is -0.347 e. The molecule has 0 aliphatic heterocycles. The molecule has 2 aromatic rings. The van der Waals surface area contributed by atoms with Crippen LogP contribution in [0.1, 0.15) is 16.1 Å². The highest BCUT2D eigenvalue weighted by Crippen LogP contribution is 2.17. The van der Waals surface area contributed by atoms with Crippen molar-refractivity contribution in [2.75, 3.05) is 0 Å². The molecule has 1 aromatic heterocycles. The Morgan fingerprint density at radius 1 is 1.25 bits per heavy atom. The topological polar surface area (TPSA) is 68.2 Å². The molecule has 2 rings (SSSR count). The molecular formula is C13H13ClN2O3S. The van der Waals surface area contributed by atoms with Crippen molar-refractivity contribution in [2.24, 2.45) is 7.05 Å². The second-order valence-corrected chi connectivity index (χ2v) is 6.42. The van der Waals surface area contributed by atoms with Crippen molar-refractivity contribution in [3.63, 3.8) is 0 Å². The molecule has 0 aliphatic rings. The predicted octanol–water partition coefficient (Wildman–Crippen LogP) is 1.94. The van der Waals surface area contributed by atoms with Gasteiger partial charge in [-0.2, -0.15) is 0 Å². The normalized spacial score (nSPS) is 11.3. The lowest BCUT2D eigenvalue weighted by atomic mass is 10.2. The molecule has 1 aromatic carbocycles. The first-order chi connectivity index (χ1) is 9.39. The summed E-state index contributed by atoms with van der Waals surface area (Å²) in [5.74, 6) is -1.01. The van der Waals surface area contributed by atoms with Crippen LogP contribution in [0.4, 0.5) is 0 Å². The maximum atomic E-state index is 12.0. The van der Waals surface area contributed by atoms with Crippen LogP contribution >= 0.6 is 11.6 Å². The van der Waals surface area contributed by atoms with Crippen molar-refractivity contribution < 1.29 is 13.2 Å². The molecule has 5 nitrogen and oxygen atoms in total. The van der Waals surface area contributed by atoms with Crippen LogP contribution in [0.15, 0.2) is 42.6 Å². The van der Waals surface area contributed by atoms with Crippen molar-refractivity contribution in [1.29, 1.82) is 0 Å². The number of aromatic nitrogens is 1. The molecule has 20 heavy (non-hydrogen) atoms. The van der Waals surface area contributed by atoms with E-state index in [1.807, 2.05) is 4.72 Å². The Morgan fingerprint density at radius 2 is 1.95 bits per heavy atom. The Bertz CT molecular complexity index is 738. The van der Waals surface area contributed by atoms with Gasteiger partial charge in [0.2, 0.25) is 10.0 Å². The first kappa shape index (κ1) is 14.6. The van der Waals surface area contributed by atoms with E-state index in [1.54, 1.807) is 54.2 Å². The summed E-state index contributed by atoms with van der Waals surface area (Å²) >= 11 is 5.91. The molecule has 0 radical (unpaired) electrons. The van der Waals surface area contributed by atoms with Crippen LogP contribution in [0.25, 0.3) is 0 Å². The fourth-order valence-electron chi connectivity index (χ4n) is 1.75. The lowest BCUT2D eigenvalue weighted by Gasteiger charge is -2.08. The number of amides is 1. The first-order valence-electron chi connectivity index (χ1n) is 5.78. The Balaban J connectivity index is 2.15. The average Bonchev–Trinajstić information content (AvgIpc) is 2.78. The van der Waals surface area contributed by atoms with Gasteiger partial charge in [-0.3, -0.25) is 4.79 Å². The Labute approximate surface area is 122 Å². The number of nitrogens with one attached hydrogen (secondary N) is 1. The van der Waals surface area contributed by atoms with Gasteiger partial charge in [0, 0.05) is 18.3 Å². The molecule has 106 valence electrons. The summed E-state index contributed by atoms with van der Waals surface area (Å²) in [4.78, 5) is 11.9. The van der Waals surface area contributed by atoms with Gasteiger partial charge in [-0.15, -0.1) is 0 Å². The molecule has 0 fully saturated rings. The van der Waals surface area contributed by atoms with Gasteiger partial charge in [-0.25, -0.2) is 13.1 Å². The molecule has 0 saturated heterocycles. The van der Waals surface area contributed by atoms with Gasteiger partial charge in [-0.1, -0.05) is 29.8 Å². The number of halogens is 1. The standard InChI is InChI=1S/C13H13ClN2O3S/c1-16-8-4-7-12(16)13(17)15-20(18,19)9-10-5-2-3-6-11(10)14/h2-8H,9H2,1H3,(H,15,17). The van der Waals surface area contributed by atoms with Gasteiger partial charge < -0.3 is 4.57 Å². The summed E-state index contributed by atoms with van der Waals surface area (Å²) in [6.45, 7) is 0. The molecule has 0 saturated carbocycles. The Hall–Kier alpha value is -1.79. The average molecular weight is 313 g/mol. The fourth-order valence-corrected chi connectivity index (χ4v) is 3.15. The molecular weight excluding hydrogens is 300 g/mol. The van der Waals surface area contributed by atoms with Crippen molar-refractivity contribution >= 4 is 27.5 Å². The molecule has 1 N–H and O–H groups in total. The lowest BCUT2D eigenvalue weighted by Crippen LogP contribution is -2.32. The van der Waals surface area contributed by atoms with Gasteiger partial charge in [0.05, 0.1) is 5.75 Å². The van der Waals surface area contributed by atoms with Crippen LogP contribution in [0, 0.1) is 0 Å². The molecule has 7 heteroatoms. The number of benzene rings is 1. The molecule has 1 heterocycles. The number of carbonyl (C=O) groups is 1. The quantitative estimate of drug-likeness (QED) is 0.938. The van der Waals surface area contributed by atoms with Gasteiger partial charge in [0.1, 0.15) is 5.69 Å². The van der Waals surface area contributed by atoms with Crippen molar-refractivity contribution in [3.05, 3.63) is 58.9 Å². The number of aryl methyl sites for hydroxylation is 1. The summed E-state index contributed by atoms with van der Waals surface area (Å²) < 4.78 is 27.5. The van der Waals surface area contributed by atoms with E-state index in [0.717, 1.165) is 0 Å². The van der Waals surface area contributed by atoms with Crippen LogP contribution in [-0.4, -0.2) is 18.9 Å². The largest absolute Gasteiger partial charge is 0.347 e. The number of hydrogen-bond acceptors (Lipinski definition) is 3. The maximum Gasteiger partial charge on any atom is 0.281 e. The van der Waals surface area contributed by atoms with Crippen molar-refractivity contribution in [3.8, 4) is 0 Å². The zero-order valence-electron chi connectivity index (χ0n) is 10.7. The van der Waals surface area contributed by atoms with E-state index in [2.05, 4.69) is 0 Å². The monoisotopic (exact) mass is 312 g/mol. The fraction of sp³-hybridized carbons (Fsp3) is 0.154. The van der Waals surface area contributed by atoms with Gasteiger partial charge in [-0.05, 0) is 23.8 Å². The summed E-state index contributed by atoms with van der Waals surface area (Å²) in [6.07, 6.45) is 1.66. The SMILES string of the molecule is Cn1cccc1C(=O)NS(=O)(=O)Cc1ccccc1Cl. The number of sulfonamides is 1. The Morgan fingerprint density at radius 3 is 2.55 bits per heavy atom. The van der Waals surface area contributed by atoms with E-state index in [4.69, 9.17) is 11.6 Å². The number of carbonyl (C=O) groups excluding carboxylic acids is 1. The van der Waals surface area contributed by atoms with E-state index < -0.39 is 15.9 Å². The molecule has 0 atom stereocenters. The predicted molar refractivity (Wildman–Crippen MR) is 77.0 cm³/mol. The maximum absolute atomic E-state index is 12.0. The van der Waals surface area contributed by atoms with Gasteiger partial charge in [0.25, 0.3) is 5.91 Å². The molecule has 0 bridgehead atoms. The zero-order chi connectivity index (χ0) is 14.8. The van der Waals surface area contributed by atoms with E-state index in [1.165, 1.54) is 0 Å². The number of nitrogens with zero attached hydrogens (tertiary/aromatic N) is 1. The third-order valence-corrected chi connectivity index (χ3v) is 4.28. The van der Waals surface area contributed by atoms with Crippen LogP contribution in [0.3, 0.4) is 0 Å². The third kappa shape index (κ3) is 3.40. The summed E-state index contributed by atoms with van der Waals surface area (Å²) in [5, 5.41) is 0.351. The number of hydrogen-bond donors (Lipinski definition) is 1. The molecule has 0 unspecified atom stereocenters. The highest BCUT2D eigenvalue weighted by Gasteiger charge is 2.19. The summed E-state index contributed by atoms with van der Waals surface area (Å²) in [5.41, 5.74) is 0.717. The van der Waals surface area contributed by atoms with Crippen LogP contribution < -0.4 is 4.72 Å². The third-order valence-electron chi connectivity index (χ3n) is 2.73. The smallest absolute Gasteiger partial charge is 0.281 e. The summed E-state index contributed by atoms with van der Waals surface area (Å²) in [6, 6.07) is 9.81. The highest BCUT2D eigenvalue weighted by molar-refractivity contribution is 7.89. The molecule has 0 aliphatic carbocycles. The number of rotatable bonds is 4. The minimum absolute atomic E-state index is 0.271. The molecule has 1 amide bonds. The van der Waals surface area contributed by atoms with E-state index in [9.17, 15) is 13.2 Å². The summed E-state index contributed by atoms with van der Waals surface area (Å²) in [7, 11) is -2.13. The first-order valence-corrected chi connectivity index (χ1v) is 7.81. The zero-order valence-corrected chi connectivity index (χ0v) is 12.3. The van der Waals surface area contributed by atoms with Gasteiger partial charge >= 0.3 is 0 Å². The van der Waals surface area contributed by atoms with Crippen molar-refractivity contribution in [2.45, 2.75) is 5.75 Å². The van der Waals surface area contributed by atoms with Crippen LogP contribution in [0.2, 0.25) is 5.02 Å². The van der Waals surface area contributed by atoms with E-state index in [-0.39, 0.29) is 11.4 Å². The highest BCUT2D eigenvalue weighted by atomic mass is 35.5. The van der Waals surface area contributed by atoms with Gasteiger partial charge in [0.15, 0.2) is 0 Å². The second kappa shape index (κ2) is 5.68. The van der Waals surface area contributed by atoms with Crippen molar-refractivity contribution in [1.82, 2.24) is 9.29 Å². The van der Waals surface area contributed by atoms with E-state index >= 15 is 0 Å². The van der Waals surface area contributed by atoms with E-state index in [0.29, 0.717) is 10.6 Å². The minimum atomic E-state index is -3.80. The molecule has 0 spiro atoms.